The fourth-order valence-electron chi connectivity index (χ4n) is 1.54. The Morgan fingerprint density at radius 2 is 2.18 bits per heavy atom. The molecule has 0 aliphatic carbocycles. The maximum absolute atomic E-state index is 13.4. The van der Waals surface area contributed by atoms with Gasteiger partial charge in [0.1, 0.15) is 5.82 Å². The first kappa shape index (κ1) is 13.6. The van der Waals surface area contributed by atoms with E-state index in [9.17, 15) is 9.18 Å². The molecule has 0 aliphatic rings. The maximum atomic E-state index is 13.4. The first-order valence-electron chi connectivity index (χ1n) is 5.30. The van der Waals surface area contributed by atoms with Gasteiger partial charge in [-0.3, -0.25) is 4.79 Å². The molecule has 1 rings (SSSR count). The zero-order valence-electron chi connectivity index (χ0n) is 10.0. The van der Waals surface area contributed by atoms with Gasteiger partial charge in [0.25, 0.3) is 5.91 Å². The number of halogens is 1. The molecule has 94 valence electrons. The lowest BCUT2D eigenvalue weighted by Gasteiger charge is -2.21. The highest BCUT2D eigenvalue weighted by Gasteiger charge is 2.17. The van der Waals surface area contributed by atoms with Gasteiger partial charge in [-0.15, -0.1) is 0 Å². The van der Waals surface area contributed by atoms with Crippen molar-refractivity contribution in [2.75, 3.05) is 27.3 Å². The van der Waals surface area contributed by atoms with Crippen molar-refractivity contribution in [2.24, 2.45) is 5.73 Å². The molecule has 0 radical (unpaired) electrons. The largest absolute Gasteiger partial charge is 0.383 e. The average molecular weight is 240 g/mol. The van der Waals surface area contributed by atoms with Gasteiger partial charge in [0, 0.05) is 26.7 Å². The molecule has 1 amide bonds. The monoisotopic (exact) mass is 240 g/mol. The summed E-state index contributed by atoms with van der Waals surface area (Å²) in [5.74, 6) is -0.903. The predicted molar refractivity (Wildman–Crippen MR) is 63.2 cm³/mol. The van der Waals surface area contributed by atoms with E-state index < -0.39 is 5.82 Å². The fraction of sp³-hybridized carbons (Fsp3) is 0.417. The van der Waals surface area contributed by atoms with Gasteiger partial charge >= 0.3 is 0 Å². The van der Waals surface area contributed by atoms with Crippen LogP contribution in [0.4, 0.5) is 4.39 Å². The minimum absolute atomic E-state index is 0.0552. The smallest absolute Gasteiger partial charge is 0.256 e. The lowest BCUT2D eigenvalue weighted by Crippen LogP contribution is -2.41. The summed E-state index contributed by atoms with van der Waals surface area (Å²) in [6.07, 6.45) is 0. The van der Waals surface area contributed by atoms with Crippen LogP contribution in [0.1, 0.15) is 10.4 Å². The molecule has 0 aliphatic heterocycles. The number of benzene rings is 1. The molecule has 4 nitrogen and oxygen atoms in total. The van der Waals surface area contributed by atoms with Crippen LogP contribution in [0.25, 0.3) is 0 Å². The van der Waals surface area contributed by atoms with Crippen molar-refractivity contribution >= 4 is 5.91 Å². The number of hydrogen-bond donors (Lipinski definition) is 1. The van der Waals surface area contributed by atoms with Gasteiger partial charge in [-0.2, -0.15) is 0 Å². The van der Waals surface area contributed by atoms with Gasteiger partial charge < -0.3 is 15.4 Å². The molecule has 5 heteroatoms. The number of carbonyl (C=O) groups excluding carboxylic acids is 1. The van der Waals surface area contributed by atoms with Gasteiger partial charge in [0.2, 0.25) is 0 Å². The molecule has 1 atom stereocenters. The Labute approximate surface area is 100 Å². The van der Waals surface area contributed by atoms with E-state index in [1.807, 2.05) is 0 Å². The molecule has 1 unspecified atom stereocenters. The standard InChI is InChI=1S/C12H17FN2O2/c1-15(7-9(14)8-17-2)12(16)10-5-3-4-6-11(10)13/h3-6,9H,7-8,14H2,1-2H3. The Kier molecular flexibility index (Phi) is 5.06. The first-order chi connectivity index (χ1) is 8.06. The molecule has 0 heterocycles. The van der Waals surface area contributed by atoms with E-state index >= 15 is 0 Å². The minimum Gasteiger partial charge on any atom is -0.383 e. The second-order valence-corrected chi connectivity index (χ2v) is 3.88. The third kappa shape index (κ3) is 3.80. The Hall–Kier alpha value is -1.46. The Morgan fingerprint density at radius 1 is 1.53 bits per heavy atom. The molecule has 0 saturated heterocycles. The number of ether oxygens (including phenoxy) is 1. The second-order valence-electron chi connectivity index (χ2n) is 3.88. The van der Waals surface area contributed by atoms with E-state index in [-0.39, 0.29) is 17.5 Å². The van der Waals surface area contributed by atoms with Crippen LogP contribution in [0.15, 0.2) is 24.3 Å². The van der Waals surface area contributed by atoms with Crippen LogP contribution in [0.2, 0.25) is 0 Å². The fourth-order valence-corrected chi connectivity index (χ4v) is 1.54. The number of nitrogens with zero attached hydrogens (tertiary/aromatic N) is 1. The lowest BCUT2D eigenvalue weighted by molar-refractivity contribution is 0.0760. The quantitative estimate of drug-likeness (QED) is 0.831. The Morgan fingerprint density at radius 3 is 2.76 bits per heavy atom. The average Bonchev–Trinajstić information content (AvgIpc) is 2.29. The molecule has 0 bridgehead atoms. The zero-order chi connectivity index (χ0) is 12.8. The third-order valence-electron chi connectivity index (χ3n) is 2.34. The summed E-state index contributed by atoms with van der Waals surface area (Å²) < 4.78 is 18.3. The van der Waals surface area contributed by atoms with Crippen molar-refractivity contribution in [3.63, 3.8) is 0 Å². The predicted octanol–water partition coefficient (Wildman–Crippen LogP) is 0.871. The molecular formula is C12H17FN2O2. The van der Waals surface area contributed by atoms with Crippen molar-refractivity contribution in [3.05, 3.63) is 35.6 Å². The summed E-state index contributed by atoms with van der Waals surface area (Å²) in [5.41, 5.74) is 5.78. The summed E-state index contributed by atoms with van der Waals surface area (Å²) >= 11 is 0. The van der Waals surface area contributed by atoms with Crippen molar-refractivity contribution in [3.8, 4) is 0 Å². The van der Waals surface area contributed by atoms with Gasteiger partial charge in [-0.25, -0.2) is 4.39 Å². The van der Waals surface area contributed by atoms with Crippen molar-refractivity contribution in [2.45, 2.75) is 6.04 Å². The summed E-state index contributed by atoms with van der Waals surface area (Å²) in [6.45, 7) is 0.676. The van der Waals surface area contributed by atoms with Crippen LogP contribution in [0.5, 0.6) is 0 Å². The van der Waals surface area contributed by atoms with Gasteiger partial charge in [-0.05, 0) is 12.1 Å². The van der Waals surface area contributed by atoms with Crippen molar-refractivity contribution in [1.29, 1.82) is 0 Å². The topological polar surface area (TPSA) is 55.6 Å². The van der Waals surface area contributed by atoms with E-state index in [1.54, 1.807) is 26.3 Å². The molecular weight excluding hydrogens is 223 g/mol. The Balaban J connectivity index is 2.67. The number of nitrogens with two attached hydrogens (primary N) is 1. The van der Waals surface area contributed by atoms with Crippen molar-refractivity contribution < 1.29 is 13.9 Å². The van der Waals surface area contributed by atoms with E-state index in [4.69, 9.17) is 10.5 Å². The summed E-state index contributed by atoms with van der Waals surface area (Å²) in [5, 5.41) is 0. The normalized spacial score (nSPS) is 12.2. The molecule has 1 aromatic carbocycles. The summed E-state index contributed by atoms with van der Waals surface area (Å²) in [6, 6.07) is 5.61. The highest BCUT2D eigenvalue weighted by Crippen LogP contribution is 2.09. The van der Waals surface area contributed by atoms with Gasteiger partial charge in [0.05, 0.1) is 12.2 Å². The highest BCUT2D eigenvalue weighted by molar-refractivity contribution is 5.94. The molecule has 0 saturated carbocycles. The number of rotatable bonds is 5. The van der Waals surface area contributed by atoms with Crippen LogP contribution >= 0.6 is 0 Å². The minimum atomic E-state index is -0.523. The molecule has 2 N–H and O–H groups in total. The summed E-state index contributed by atoms with van der Waals surface area (Å²) in [7, 11) is 3.13. The van der Waals surface area contributed by atoms with Crippen LogP contribution in [-0.2, 0) is 4.74 Å². The van der Waals surface area contributed by atoms with Crippen LogP contribution in [-0.4, -0.2) is 44.2 Å². The van der Waals surface area contributed by atoms with E-state index in [0.29, 0.717) is 13.2 Å². The van der Waals surface area contributed by atoms with Crippen molar-refractivity contribution in [1.82, 2.24) is 4.90 Å². The van der Waals surface area contributed by atoms with E-state index in [1.165, 1.54) is 17.0 Å². The van der Waals surface area contributed by atoms with Crippen LogP contribution in [0, 0.1) is 5.82 Å². The lowest BCUT2D eigenvalue weighted by atomic mass is 10.2. The van der Waals surface area contributed by atoms with E-state index in [2.05, 4.69) is 0 Å². The number of hydrogen-bond acceptors (Lipinski definition) is 3. The number of carbonyl (C=O) groups is 1. The van der Waals surface area contributed by atoms with E-state index in [0.717, 1.165) is 0 Å². The number of amides is 1. The summed E-state index contributed by atoms with van der Waals surface area (Å²) in [4.78, 5) is 13.3. The maximum Gasteiger partial charge on any atom is 0.256 e. The Bertz CT molecular complexity index is 385. The molecule has 0 fully saturated rings. The SMILES string of the molecule is COCC(N)CN(C)C(=O)c1ccccc1F. The molecule has 0 spiro atoms. The first-order valence-corrected chi connectivity index (χ1v) is 5.30. The zero-order valence-corrected chi connectivity index (χ0v) is 10.0. The number of methoxy groups -OCH3 is 1. The third-order valence-corrected chi connectivity index (χ3v) is 2.34. The van der Waals surface area contributed by atoms with Crippen LogP contribution < -0.4 is 5.73 Å². The molecule has 1 aromatic rings. The molecule has 0 aromatic heterocycles. The number of likely N-dealkylation sites (N-methyl/N-ethyl adjacent to an activating group) is 1. The second kappa shape index (κ2) is 6.32. The molecule has 17 heavy (non-hydrogen) atoms. The van der Waals surface area contributed by atoms with Gasteiger partial charge in [0.15, 0.2) is 0 Å². The van der Waals surface area contributed by atoms with Crippen LogP contribution in [0.3, 0.4) is 0 Å². The highest BCUT2D eigenvalue weighted by atomic mass is 19.1. The van der Waals surface area contributed by atoms with Gasteiger partial charge in [-0.1, -0.05) is 12.1 Å².